The molecule has 0 aliphatic carbocycles. The van der Waals surface area contributed by atoms with Gasteiger partial charge in [-0.05, 0) is 13.0 Å². The van der Waals surface area contributed by atoms with Crippen molar-refractivity contribution in [2.24, 2.45) is 5.73 Å². The number of hydrogen-bond donors (Lipinski definition) is 2. The van der Waals surface area contributed by atoms with Gasteiger partial charge in [0.2, 0.25) is 0 Å². The topological polar surface area (TPSA) is 38.0 Å². The summed E-state index contributed by atoms with van der Waals surface area (Å²) >= 11 is 0. The lowest BCUT2D eigenvalue weighted by atomic mass is 10.1. The summed E-state index contributed by atoms with van der Waals surface area (Å²) in [5.41, 5.74) is 5.36. The Morgan fingerprint density at radius 3 is 2.08 bits per heavy atom. The van der Waals surface area contributed by atoms with Gasteiger partial charge in [0.05, 0.1) is 0 Å². The van der Waals surface area contributed by atoms with E-state index in [1.54, 1.807) is 0 Å². The van der Waals surface area contributed by atoms with Crippen molar-refractivity contribution in [1.29, 1.82) is 0 Å². The van der Waals surface area contributed by atoms with Gasteiger partial charge < -0.3 is 11.1 Å². The van der Waals surface area contributed by atoms with E-state index in [9.17, 15) is 0 Å². The minimum atomic E-state index is 0.760. The molecule has 13 heavy (non-hydrogen) atoms. The van der Waals surface area contributed by atoms with Crippen LogP contribution in [0.1, 0.15) is 51.9 Å². The smallest absolute Gasteiger partial charge is 0.00745 e. The second kappa shape index (κ2) is 11.9. The van der Waals surface area contributed by atoms with Crippen LogP contribution in [0.3, 0.4) is 0 Å². The van der Waals surface area contributed by atoms with Crippen LogP contribution in [0.5, 0.6) is 0 Å². The number of nitrogens with two attached hydrogens (primary N) is 1. The zero-order valence-electron chi connectivity index (χ0n) is 9.15. The number of nitrogens with one attached hydrogen (secondary N) is 1. The van der Waals surface area contributed by atoms with E-state index in [1.165, 1.54) is 44.9 Å². The molecule has 0 heterocycles. The third-order valence-electron chi connectivity index (χ3n) is 2.28. The largest absolute Gasteiger partial charge is 0.329 e. The summed E-state index contributed by atoms with van der Waals surface area (Å²) in [5.74, 6) is 0. The Morgan fingerprint density at radius 1 is 0.846 bits per heavy atom. The van der Waals surface area contributed by atoms with Crippen molar-refractivity contribution in [2.75, 3.05) is 19.6 Å². The van der Waals surface area contributed by atoms with Gasteiger partial charge in [-0.3, -0.25) is 0 Å². The Morgan fingerprint density at radius 2 is 1.46 bits per heavy atom. The summed E-state index contributed by atoms with van der Waals surface area (Å²) < 4.78 is 0. The first-order chi connectivity index (χ1) is 6.41. The number of unbranched alkanes of at least 4 members (excludes halogenated alkanes) is 6. The summed E-state index contributed by atoms with van der Waals surface area (Å²) in [4.78, 5) is 0. The van der Waals surface area contributed by atoms with E-state index < -0.39 is 0 Å². The third-order valence-corrected chi connectivity index (χ3v) is 2.28. The summed E-state index contributed by atoms with van der Waals surface area (Å²) in [7, 11) is 0. The maximum Gasteiger partial charge on any atom is 0.00745 e. The van der Waals surface area contributed by atoms with Crippen molar-refractivity contribution in [3.8, 4) is 0 Å². The predicted molar refractivity (Wildman–Crippen MR) is 59.9 cm³/mol. The van der Waals surface area contributed by atoms with Crippen molar-refractivity contribution in [3.63, 3.8) is 0 Å². The quantitative estimate of drug-likeness (QED) is 0.514. The third kappa shape index (κ3) is 11.9. The molecule has 0 aromatic carbocycles. The van der Waals surface area contributed by atoms with E-state index in [1.807, 2.05) is 0 Å². The molecule has 0 saturated heterocycles. The predicted octanol–water partition coefficient (Wildman–Crippen LogP) is 2.29. The zero-order chi connectivity index (χ0) is 9.78. The molecule has 0 aliphatic rings. The highest BCUT2D eigenvalue weighted by Crippen LogP contribution is 2.05. The monoisotopic (exact) mass is 186 g/mol. The van der Waals surface area contributed by atoms with Crippen LogP contribution in [0.2, 0.25) is 0 Å². The van der Waals surface area contributed by atoms with E-state index in [0.717, 1.165) is 19.6 Å². The SMILES string of the molecule is CCCCCCCCCNCCN. The molecule has 0 fully saturated rings. The lowest BCUT2D eigenvalue weighted by Crippen LogP contribution is -2.23. The summed E-state index contributed by atoms with van der Waals surface area (Å²) in [6.07, 6.45) is 9.69. The number of hydrogen-bond acceptors (Lipinski definition) is 2. The average molecular weight is 186 g/mol. The van der Waals surface area contributed by atoms with Crippen molar-refractivity contribution in [2.45, 2.75) is 51.9 Å². The van der Waals surface area contributed by atoms with Crippen molar-refractivity contribution >= 4 is 0 Å². The maximum absolute atomic E-state index is 5.36. The fourth-order valence-corrected chi connectivity index (χ4v) is 1.43. The van der Waals surface area contributed by atoms with Crippen molar-refractivity contribution in [3.05, 3.63) is 0 Å². The van der Waals surface area contributed by atoms with Gasteiger partial charge in [0.15, 0.2) is 0 Å². The molecular weight excluding hydrogens is 160 g/mol. The standard InChI is InChI=1S/C11H26N2/c1-2-3-4-5-6-7-8-10-13-11-9-12/h13H,2-12H2,1H3. The highest BCUT2D eigenvalue weighted by molar-refractivity contribution is 4.49. The lowest BCUT2D eigenvalue weighted by molar-refractivity contribution is 0.565. The minimum absolute atomic E-state index is 0.760. The molecule has 3 N–H and O–H groups in total. The van der Waals surface area contributed by atoms with Crippen LogP contribution in [0.4, 0.5) is 0 Å². The summed E-state index contributed by atoms with van der Waals surface area (Å²) in [6.45, 7) is 5.13. The molecule has 0 aliphatic heterocycles. The van der Waals surface area contributed by atoms with Gasteiger partial charge in [-0.2, -0.15) is 0 Å². The van der Waals surface area contributed by atoms with Crippen molar-refractivity contribution in [1.82, 2.24) is 5.32 Å². The number of rotatable bonds is 10. The first-order valence-electron chi connectivity index (χ1n) is 5.82. The molecule has 0 radical (unpaired) electrons. The molecule has 2 heteroatoms. The van der Waals surface area contributed by atoms with Crippen LogP contribution >= 0.6 is 0 Å². The van der Waals surface area contributed by atoms with E-state index in [4.69, 9.17) is 5.73 Å². The Balaban J connectivity index is 2.76. The van der Waals surface area contributed by atoms with Gasteiger partial charge >= 0.3 is 0 Å². The van der Waals surface area contributed by atoms with E-state index in [0.29, 0.717) is 0 Å². The molecule has 0 atom stereocenters. The lowest BCUT2D eigenvalue weighted by Gasteiger charge is -2.02. The fourth-order valence-electron chi connectivity index (χ4n) is 1.43. The molecule has 80 valence electrons. The molecular formula is C11H26N2. The van der Waals surface area contributed by atoms with E-state index in [2.05, 4.69) is 12.2 Å². The normalized spacial score (nSPS) is 10.6. The molecule has 0 rings (SSSR count). The average Bonchev–Trinajstić information content (AvgIpc) is 2.16. The second-order valence-electron chi connectivity index (χ2n) is 3.66. The highest BCUT2D eigenvalue weighted by atomic mass is 14.9. The molecule has 0 amide bonds. The summed E-state index contributed by atoms with van der Waals surface area (Å²) in [5, 5.41) is 3.31. The molecule has 0 spiro atoms. The van der Waals surface area contributed by atoms with Gasteiger partial charge in [-0.15, -0.1) is 0 Å². The van der Waals surface area contributed by atoms with Crippen molar-refractivity contribution < 1.29 is 0 Å². The van der Waals surface area contributed by atoms with Gasteiger partial charge in [-0.1, -0.05) is 45.4 Å². The van der Waals surface area contributed by atoms with E-state index >= 15 is 0 Å². The first kappa shape index (κ1) is 12.9. The molecule has 2 nitrogen and oxygen atoms in total. The van der Waals surface area contributed by atoms with Crippen LogP contribution in [-0.4, -0.2) is 19.6 Å². The Bertz CT molecular complexity index is 74.2. The van der Waals surface area contributed by atoms with Gasteiger partial charge in [0.25, 0.3) is 0 Å². The van der Waals surface area contributed by atoms with Gasteiger partial charge in [0.1, 0.15) is 0 Å². The maximum atomic E-state index is 5.36. The molecule has 0 unspecified atom stereocenters. The molecule has 0 bridgehead atoms. The Hall–Kier alpha value is -0.0800. The Kier molecular flexibility index (Phi) is 11.8. The van der Waals surface area contributed by atoms with Gasteiger partial charge in [-0.25, -0.2) is 0 Å². The van der Waals surface area contributed by atoms with Crippen LogP contribution in [0.15, 0.2) is 0 Å². The van der Waals surface area contributed by atoms with Crippen LogP contribution in [0.25, 0.3) is 0 Å². The first-order valence-corrected chi connectivity index (χ1v) is 5.82. The summed E-state index contributed by atoms with van der Waals surface area (Å²) in [6, 6.07) is 0. The molecule has 0 aromatic rings. The minimum Gasteiger partial charge on any atom is -0.329 e. The highest BCUT2D eigenvalue weighted by Gasteiger charge is 1.90. The van der Waals surface area contributed by atoms with Crippen LogP contribution < -0.4 is 11.1 Å². The molecule has 0 saturated carbocycles. The van der Waals surface area contributed by atoms with Gasteiger partial charge in [0, 0.05) is 13.1 Å². The van der Waals surface area contributed by atoms with Crippen LogP contribution in [0, 0.1) is 0 Å². The van der Waals surface area contributed by atoms with E-state index in [-0.39, 0.29) is 0 Å². The van der Waals surface area contributed by atoms with Crippen LogP contribution in [-0.2, 0) is 0 Å². The Labute approximate surface area is 83.3 Å². The zero-order valence-corrected chi connectivity index (χ0v) is 9.15. The molecule has 0 aromatic heterocycles. The fraction of sp³-hybridized carbons (Fsp3) is 1.00. The second-order valence-corrected chi connectivity index (χ2v) is 3.66.